The molecule has 1 aliphatic heterocycles. The van der Waals surface area contributed by atoms with Gasteiger partial charge in [0.05, 0.1) is 21.6 Å². The third kappa shape index (κ3) is 4.57. The Kier molecular flexibility index (Phi) is 5.23. The van der Waals surface area contributed by atoms with Crippen molar-refractivity contribution in [2.45, 2.75) is 25.1 Å². The van der Waals surface area contributed by atoms with E-state index in [9.17, 15) is 27.6 Å². The van der Waals surface area contributed by atoms with Crippen LogP contribution in [0.3, 0.4) is 0 Å². The molecular weight excluding hydrogens is 475 g/mol. The summed E-state index contributed by atoms with van der Waals surface area (Å²) >= 11 is 1.00. The van der Waals surface area contributed by atoms with Gasteiger partial charge in [0.25, 0.3) is 11.8 Å². The van der Waals surface area contributed by atoms with Crippen molar-refractivity contribution in [1.29, 1.82) is 0 Å². The minimum Gasteiger partial charge on any atom is -0.367 e. The molecule has 1 aliphatic carbocycles. The van der Waals surface area contributed by atoms with Crippen LogP contribution < -0.4 is 21.3 Å². The molecule has 0 unspecified atom stereocenters. The first kappa shape index (κ1) is 21.9. The van der Waals surface area contributed by atoms with Crippen molar-refractivity contribution in [3.05, 3.63) is 40.5 Å². The highest BCUT2D eigenvalue weighted by Gasteiger charge is 2.29. The monoisotopic (exact) mass is 491 g/mol. The van der Waals surface area contributed by atoms with Crippen molar-refractivity contribution >= 4 is 46.7 Å². The summed E-state index contributed by atoms with van der Waals surface area (Å²) in [4.78, 5) is 40.7. The summed E-state index contributed by atoms with van der Waals surface area (Å²) in [6.45, 7) is -1.42. The highest BCUT2D eigenvalue weighted by atomic mass is 32.1. The number of imide groups is 1. The lowest BCUT2D eigenvalue weighted by atomic mass is 10.2. The molecule has 34 heavy (non-hydrogen) atoms. The number of thiophene rings is 1. The zero-order valence-corrected chi connectivity index (χ0v) is 18.0. The highest BCUT2D eigenvalue weighted by molar-refractivity contribution is 7.17. The molecule has 3 aromatic rings. The molecule has 0 bridgehead atoms. The Morgan fingerprint density at radius 1 is 1.26 bits per heavy atom. The molecule has 0 spiro atoms. The number of nitrogens with zero attached hydrogens (tertiary/aromatic N) is 3. The Balaban J connectivity index is 1.51. The fourth-order valence-corrected chi connectivity index (χ4v) is 4.13. The first-order chi connectivity index (χ1) is 16.2. The normalized spacial score (nSPS) is 17.2. The number of rotatable bonds is 6. The number of urea groups is 1. The summed E-state index contributed by atoms with van der Waals surface area (Å²) in [5.74, 6) is -0.781. The molecule has 14 heteroatoms. The van der Waals surface area contributed by atoms with E-state index in [1.807, 2.05) is 5.32 Å². The Hall–Kier alpha value is -3.94. The maximum absolute atomic E-state index is 12.4. The van der Waals surface area contributed by atoms with E-state index in [1.54, 1.807) is 16.6 Å². The second kappa shape index (κ2) is 8.13. The van der Waals surface area contributed by atoms with Gasteiger partial charge in [0.1, 0.15) is 18.1 Å². The van der Waals surface area contributed by atoms with Gasteiger partial charge in [-0.2, -0.15) is 22.8 Å². The predicted octanol–water partition coefficient (Wildman–Crippen LogP) is 2.50. The number of alkyl halides is 3. The number of carbonyl (C=O) groups is 3. The minimum absolute atomic E-state index is 0.0450. The number of hydrogen-bond donors (Lipinski definition) is 4. The molecule has 0 aromatic carbocycles. The van der Waals surface area contributed by atoms with Crippen molar-refractivity contribution in [2.24, 2.45) is 0 Å². The van der Waals surface area contributed by atoms with Gasteiger partial charge in [-0.1, -0.05) is 0 Å². The van der Waals surface area contributed by atoms with Crippen molar-refractivity contribution < 1.29 is 27.6 Å². The number of fused-ring (bicyclic) bond motifs is 1. The molecule has 4 N–H and O–H groups in total. The standard InChI is InChI=1S/C20H16F3N7O3S/c21-20(22,23)8-24-18(32)14-4-3-13(34-14)11-6-15(26-10-1-2-10)30-16(27-11)9(7-25-30)5-12-17(31)29-19(33)28-12/h3-7,10,26H,1-2,8H2,(H,24,32)(H2,28,29,31,33)/b12-5-. The van der Waals surface area contributed by atoms with Crippen LogP contribution in [0.25, 0.3) is 22.3 Å². The minimum atomic E-state index is -4.51. The van der Waals surface area contributed by atoms with Crippen LogP contribution in [-0.2, 0) is 4.79 Å². The summed E-state index contributed by atoms with van der Waals surface area (Å²) in [7, 11) is 0. The Labute approximate surface area is 193 Å². The van der Waals surface area contributed by atoms with E-state index in [0.29, 0.717) is 27.6 Å². The molecule has 0 radical (unpaired) electrons. The molecule has 2 aliphatic rings. The van der Waals surface area contributed by atoms with Crippen LogP contribution in [0, 0.1) is 0 Å². The smallest absolute Gasteiger partial charge is 0.367 e. The lowest BCUT2D eigenvalue weighted by Crippen LogP contribution is -2.33. The third-order valence-corrected chi connectivity index (χ3v) is 6.09. The third-order valence-electron chi connectivity index (χ3n) is 4.98. The van der Waals surface area contributed by atoms with E-state index in [0.717, 1.165) is 24.2 Å². The average molecular weight is 491 g/mol. The number of hydrogen-bond acceptors (Lipinski definition) is 7. The van der Waals surface area contributed by atoms with Gasteiger partial charge in [0, 0.05) is 17.7 Å². The predicted molar refractivity (Wildman–Crippen MR) is 116 cm³/mol. The summed E-state index contributed by atoms with van der Waals surface area (Å²) in [6.07, 6.45) is 0.427. The van der Waals surface area contributed by atoms with Crippen LogP contribution in [0.1, 0.15) is 28.1 Å². The molecule has 1 saturated carbocycles. The van der Waals surface area contributed by atoms with Gasteiger partial charge in [-0.05, 0) is 31.1 Å². The summed E-state index contributed by atoms with van der Waals surface area (Å²) in [5.41, 5.74) is 1.37. The summed E-state index contributed by atoms with van der Waals surface area (Å²) in [5, 5.41) is 14.1. The van der Waals surface area contributed by atoms with Crippen molar-refractivity contribution in [2.75, 3.05) is 11.9 Å². The Morgan fingerprint density at radius 2 is 2.06 bits per heavy atom. The van der Waals surface area contributed by atoms with E-state index >= 15 is 0 Å². The van der Waals surface area contributed by atoms with Crippen molar-refractivity contribution in [1.82, 2.24) is 30.5 Å². The van der Waals surface area contributed by atoms with Crippen LogP contribution in [0.15, 0.2) is 30.1 Å². The zero-order chi connectivity index (χ0) is 24.0. The van der Waals surface area contributed by atoms with Crippen LogP contribution in [0.5, 0.6) is 0 Å². The Bertz CT molecular complexity index is 1360. The van der Waals surface area contributed by atoms with Crippen LogP contribution >= 0.6 is 11.3 Å². The molecule has 3 aromatic heterocycles. The van der Waals surface area contributed by atoms with Gasteiger partial charge in [-0.3, -0.25) is 14.9 Å². The van der Waals surface area contributed by atoms with Gasteiger partial charge in [0.15, 0.2) is 5.65 Å². The number of aromatic nitrogens is 3. The quantitative estimate of drug-likeness (QED) is 0.310. The number of amides is 4. The van der Waals surface area contributed by atoms with Gasteiger partial charge in [-0.25, -0.2) is 9.78 Å². The summed E-state index contributed by atoms with van der Waals surface area (Å²) in [6, 6.07) is 4.42. The maximum atomic E-state index is 12.4. The lowest BCUT2D eigenvalue weighted by molar-refractivity contribution is -0.123. The maximum Gasteiger partial charge on any atom is 0.405 e. The fourth-order valence-electron chi connectivity index (χ4n) is 3.25. The second-order valence-electron chi connectivity index (χ2n) is 7.71. The van der Waals surface area contributed by atoms with E-state index in [-0.39, 0.29) is 16.6 Å². The second-order valence-corrected chi connectivity index (χ2v) is 8.79. The van der Waals surface area contributed by atoms with Crippen LogP contribution in [0.2, 0.25) is 0 Å². The zero-order valence-electron chi connectivity index (χ0n) is 17.2. The highest BCUT2D eigenvalue weighted by Crippen LogP contribution is 2.32. The van der Waals surface area contributed by atoms with Crippen LogP contribution in [-0.4, -0.2) is 51.2 Å². The molecule has 2 fully saturated rings. The summed E-state index contributed by atoms with van der Waals surface area (Å²) < 4.78 is 38.8. The molecule has 4 heterocycles. The van der Waals surface area contributed by atoms with E-state index in [2.05, 4.69) is 26.0 Å². The van der Waals surface area contributed by atoms with E-state index < -0.39 is 30.6 Å². The van der Waals surface area contributed by atoms with Gasteiger partial charge >= 0.3 is 12.2 Å². The molecule has 1 saturated heterocycles. The van der Waals surface area contributed by atoms with Crippen molar-refractivity contribution in [3.8, 4) is 10.6 Å². The lowest BCUT2D eigenvalue weighted by Gasteiger charge is -2.09. The number of nitrogens with one attached hydrogen (secondary N) is 4. The molecule has 10 nitrogen and oxygen atoms in total. The van der Waals surface area contributed by atoms with E-state index in [1.165, 1.54) is 18.3 Å². The molecule has 176 valence electrons. The number of halogens is 3. The van der Waals surface area contributed by atoms with Gasteiger partial charge in [0.2, 0.25) is 0 Å². The first-order valence-corrected chi connectivity index (χ1v) is 10.9. The van der Waals surface area contributed by atoms with E-state index in [4.69, 9.17) is 0 Å². The van der Waals surface area contributed by atoms with Gasteiger partial charge < -0.3 is 16.0 Å². The average Bonchev–Trinajstić information content (AvgIpc) is 3.16. The number of anilines is 1. The SMILES string of the molecule is O=C1NC(=O)/C(=C/c2cnn3c(NC4CC4)cc(-c4ccc(C(=O)NCC(F)(F)F)s4)nc23)N1. The first-order valence-electron chi connectivity index (χ1n) is 10.1. The molecular formula is C20H16F3N7O3S. The topological polar surface area (TPSA) is 130 Å². The van der Waals surface area contributed by atoms with Crippen molar-refractivity contribution in [3.63, 3.8) is 0 Å². The molecule has 4 amide bonds. The number of carbonyl (C=O) groups excluding carboxylic acids is 3. The fraction of sp³-hybridized carbons (Fsp3) is 0.250. The molecule has 0 atom stereocenters. The van der Waals surface area contributed by atoms with Crippen LogP contribution in [0.4, 0.5) is 23.8 Å². The largest absolute Gasteiger partial charge is 0.405 e. The van der Waals surface area contributed by atoms with Gasteiger partial charge in [-0.15, -0.1) is 11.3 Å². The Morgan fingerprint density at radius 3 is 2.74 bits per heavy atom. The molecule has 5 rings (SSSR count).